The van der Waals surface area contributed by atoms with Gasteiger partial charge in [0.15, 0.2) is 0 Å². The number of nitrogens with one attached hydrogen (secondary N) is 1. The van der Waals surface area contributed by atoms with Crippen LogP contribution in [0.25, 0.3) is 0 Å². The highest BCUT2D eigenvalue weighted by atomic mass is 16.5. The number of methoxy groups -OCH3 is 1. The van der Waals surface area contributed by atoms with Gasteiger partial charge in [0.1, 0.15) is 0 Å². The van der Waals surface area contributed by atoms with Crippen LogP contribution in [-0.4, -0.2) is 25.7 Å². The van der Waals surface area contributed by atoms with Crippen molar-refractivity contribution in [1.29, 1.82) is 0 Å². The molecule has 19 heavy (non-hydrogen) atoms. The highest BCUT2D eigenvalue weighted by molar-refractivity contribution is 5.72. The van der Waals surface area contributed by atoms with E-state index < -0.39 is 0 Å². The van der Waals surface area contributed by atoms with Crippen molar-refractivity contribution in [2.45, 2.75) is 65.8 Å². The van der Waals surface area contributed by atoms with E-state index in [4.69, 9.17) is 4.74 Å². The number of rotatable bonds is 6. The van der Waals surface area contributed by atoms with Gasteiger partial charge >= 0.3 is 5.97 Å². The van der Waals surface area contributed by atoms with Crippen LogP contribution >= 0.6 is 0 Å². The summed E-state index contributed by atoms with van der Waals surface area (Å²) >= 11 is 0. The molecule has 0 saturated heterocycles. The summed E-state index contributed by atoms with van der Waals surface area (Å²) in [6, 6.07) is 0.576. The van der Waals surface area contributed by atoms with Gasteiger partial charge < -0.3 is 10.1 Å². The Bertz CT molecular complexity index is 278. The average molecular weight is 269 g/mol. The van der Waals surface area contributed by atoms with Crippen LogP contribution in [0.5, 0.6) is 0 Å². The summed E-state index contributed by atoms with van der Waals surface area (Å²) in [6.07, 6.45) is 5.37. The zero-order valence-electron chi connectivity index (χ0n) is 13.3. The minimum absolute atomic E-state index is 0.0291. The molecular weight excluding hydrogens is 238 g/mol. The molecule has 0 heterocycles. The van der Waals surface area contributed by atoms with Gasteiger partial charge in [0.25, 0.3) is 0 Å². The van der Waals surface area contributed by atoms with Gasteiger partial charge in [-0.3, -0.25) is 4.79 Å². The smallest absolute Gasteiger partial charge is 0.308 e. The van der Waals surface area contributed by atoms with Gasteiger partial charge in [-0.25, -0.2) is 0 Å². The van der Waals surface area contributed by atoms with Crippen molar-refractivity contribution >= 4 is 5.97 Å². The highest BCUT2D eigenvalue weighted by Gasteiger charge is 2.28. The molecule has 1 saturated carbocycles. The van der Waals surface area contributed by atoms with E-state index in [1.807, 2.05) is 0 Å². The fourth-order valence-electron chi connectivity index (χ4n) is 3.30. The minimum atomic E-state index is -0.0291. The summed E-state index contributed by atoms with van der Waals surface area (Å²) in [5, 5.41) is 3.69. The van der Waals surface area contributed by atoms with Crippen LogP contribution in [0, 0.1) is 17.3 Å². The largest absolute Gasteiger partial charge is 0.469 e. The van der Waals surface area contributed by atoms with Crippen molar-refractivity contribution in [3.63, 3.8) is 0 Å². The summed E-state index contributed by atoms with van der Waals surface area (Å²) in [5.74, 6) is 0.845. The van der Waals surface area contributed by atoms with E-state index in [0.717, 1.165) is 38.1 Å². The zero-order valence-corrected chi connectivity index (χ0v) is 13.3. The van der Waals surface area contributed by atoms with Crippen LogP contribution in [-0.2, 0) is 9.53 Å². The quantitative estimate of drug-likeness (QED) is 0.751. The summed E-state index contributed by atoms with van der Waals surface area (Å²) < 4.78 is 4.82. The van der Waals surface area contributed by atoms with E-state index in [-0.39, 0.29) is 11.9 Å². The zero-order chi connectivity index (χ0) is 14.5. The van der Waals surface area contributed by atoms with Crippen LogP contribution in [0.1, 0.15) is 59.8 Å². The molecule has 0 aromatic rings. The molecule has 0 bridgehead atoms. The van der Waals surface area contributed by atoms with E-state index in [9.17, 15) is 4.79 Å². The molecule has 1 rings (SSSR count). The van der Waals surface area contributed by atoms with Gasteiger partial charge in [-0.1, -0.05) is 27.7 Å². The molecule has 0 radical (unpaired) electrons. The highest BCUT2D eigenvalue weighted by Crippen LogP contribution is 2.28. The second kappa shape index (κ2) is 7.28. The topological polar surface area (TPSA) is 38.3 Å². The molecule has 3 nitrogen and oxygen atoms in total. The Morgan fingerprint density at radius 2 is 1.84 bits per heavy atom. The lowest BCUT2D eigenvalue weighted by Gasteiger charge is -2.33. The standard InChI is InChI=1S/C16H31NO2/c1-12(2)10-16(3,4)11-17-14-8-6-13(7-9-14)15(18)19-5/h12-14,17H,6-11H2,1-5H3. The molecule has 0 amide bonds. The minimum Gasteiger partial charge on any atom is -0.469 e. The predicted molar refractivity (Wildman–Crippen MR) is 79.0 cm³/mol. The van der Waals surface area contributed by atoms with Crippen LogP contribution < -0.4 is 5.32 Å². The second-order valence-electron chi connectivity index (χ2n) is 7.21. The molecular formula is C16H31NO2. The van der Waals surface area contributed by atoms with Gasteiger partial charge in [-0.05, 0) is 43.4 Å². The van der Waals surface area contributed by atoms with E-state index in [2.05, 4.69) is 33.0 Å². The van der Waals surface area contributed by atoms with E-state index in [1.165, 1.54) is 13.5 Å². The molecule has 0 unspecified atom stereocenters. The Kier molecular flexibility index (Phi) is 6.31. The molecule has 3 heteroatoms. The molecule has 1 fully saturated rings. The van der Waals surface area contributed by atoms with Crippen LogP contribution in [0.2, 0.25) is 0 Å². The third-order valence-electron chi connectivity index (χ3n) is 4.09. The maximum Gasteiger partial charge on any atom is 0.308 e. The van der Waals surface area contributed by atoms with Crippen molar-refractivity contribution in [2.24, 2.45) is 17.3 Å². The Balaban J connectivity index is 2.28. The Labute approximate surface area is 118 Å². The molecule has 0 aromatic carbocycles. The molecule has 0 aliphatic heterocycles. The van der Waals surface area contributed by atoms with Crippen molar-refractivity contribution in [3.8, 4) is 0 Å². The Morgan fingerprint density at radius 3 is 2.32 bits per heavy atom. The first-order valence-electron chi connectivity index (χ1n) is 7.65. The van der Waals surface area contributed by atoms with Gasteiger partial charge in [0, 0.05) is 12.6 Å². The first-order valence-corrected chi connectivity index (χ1v) is 7.65. The third kappa shape index (κ3) is 5.94. The number of ether oxygens (including phenoxy) is 1. The normalized spacial score (nSPS) is 24.5. The van der Waals surface area contributed by atoms with Crippen LogP contribution in [0.4, 0.5) is 0 Å². The fraction of sp³-hybridized carbons (Fsp3) is 0.938. The average Bonchev–Trinajstić information content (AvgIpc) is 2.34. The number of hydrogen-bond acceptors (Lipinski definition) is 3. The van der Waals surface area contributed by atoms with E-state index in [0.29, 0.717) is 11.5 Å². The number of hydrogen-bond donors (Lipinski definition) is 1. The lowest BCUT2D eigenvalue weighted by atomic mass is 9.82. The van der Waals surface area contributed by atoms with Crippen LogP contribution in [0.15, 0.2) is 0 Å². The molecule has 112 valence electrons. The number of esters is 1. The molecule has 0 spiro atoms. The number of carbonyl (C=O) groups excluding carboxylic acids is 1. The second-order valence-corrected chi connectivity index (χ2v) is 7.21. The predicted octanol–water partition coefficient (Wildman–Crippen LogP) is 3.38. The molecule has 0 atom stereocenters. The summed E-state index contributed by atoms with van der Waals surface area (Å²) in [4.78, 5) is 11.5. The van der Waals surface area contributed by atoms with Crippen molar-refractivity contribution in [3.05, 3.63) is 0 Å². The summed E-state index contributed by atoms with van der Waals surface area (Å²) in [7, 11) is 1.49. The van der Waals surface area contributed by atoms with Gasteiger partial charge in [-0.2, -0.15) is 0 Å². The van der Waals surface area contributed by atoms with Crippen molar-refractivity contribution in [2.75, 3.05) is 13.7 Å². The van der Waals surface area contributed by atoms with Gasteiger partial charge in [0.05, 0.1) is 13.0 Å². The summed E-state index contributed by atoms with van der Waals surface area (Å²) in [5.41, 5.74) is 0.355. The molecule has 1 N–H and O–H groups in total. The van der Waals surface area contributed by atoms with E-state index in [1.54, 1.807) is 0 Å². The number of carbonyl (C=O) groups is 1. The molecule has 1 aliphatic rings. The first kappa shape index (κ1) is 16.5. The fourth-order valence-corrected chi connectivity index (χ4v) is 3.30. The molecule has 0 aromatic heterocycles. The summed E-state index contributed by atoms with van der Waals surface area (Å²) in [6.45, 7) is 10.3. The Hall–Kier alpha value is -0.570. The Morgan fingerprint density at radius 1 is 1.26 bits per heavy atom. The first-order chi connectivity index (χ1) is 8.84. The van der Waals surface area contributed by atoms with Gasteiger partial charge in [0.2, 0.25) is 0 Å². The van der Waals surface area contributed by atoms with Gasteiger partial charge in [-0.15, -0.1) is 0 Å². The maximum atomic E-state index is 11.5. The van der Waals surface area contributed by atoms with Crippen molar-refractivity contribution < 1.29 is 9.53 Å². The lowest BCUT2D eigenvalue weighted by Crippen LogP contribution is -2.40. The third-order valence-corrected chi connectivity index (χ3v) is 4.09. The van der Waals surface area contributed by atoms with E-state index >= 15 is 0 Å². The monoisotopic (exact) mass is 269 g/mol. The lowest BCUT2D eigenvalue weighted by molar-refractivity contribution is -0.146. The SMILES string of the molecule is COC(=O)C1CCC(NCC(C)(C)CC(C)C)CC1. The molecule has 1 aliphatic carbocycles. The van der Waals surface area contributed by atoms with Crippen LogP contribution in [0.3, 0.4) is 0 Å². The maximum absolute atomic E-state index is 11.5. The van der Waals surface area contributed by atoms with Crippen molar-refractivity contribution in [1.82, 2.24) is 5.32 Å².